The van der Waals surface area contributed by atoms with E-state index < -0.39 is 11.9 Å². The van der Waals surface area contributed by atoms with Crippen LogP contribution in [-0.2, 0) is 9.53 Å². The Bertz CT molecular complexity index is 789. The lowest BCUT2D eigenvalue weighted by atomic mass is 10.2. The molecule has 0 radical (unpaired) electrons. The highest BCUT2D eigenvalue weighted by atomic mass is 79.9. The van der Waals surface area contributed by atoms with Crippen molar-refractivity contribution >= 4 is 43.8 Å². The number of carbonyl (C=O) groups excluding carboxylic acids is 2. The summed E-state index contributed by atoms with van der Waals surface area (Å²) >= 11 is 6.66. The minimum Gasteiger partial charge on any atom is -0.481 e. The minimum absolute atomic E-state index is 0.242. The van der Waals surface area contributed by atoms with Gasteiger partial charge in [0.25, 0.3) is 0 Å². The molecule has 0 N–H and O–H groups in total. The van der Waals surface area contributed by atoms with Crippen LogP contribution in [0, 0.1) is 6.92 Å². The van der Waals surface area contributed by atoms with Gasteiger partial charge in [0.2, 0.25) is 0 Å². The maximum absolute atomic E-state index is 12.0. The van der Waals surface area contributed by atoms with Crippen molar-refractivity contribution in [3.05, 3.63) is 56.5 Å². The van der Waals surface area contributed by atoms with E-state index in [1.807, 2.05) is 19.1 Å². The Balaban J connectivity index is 1.97. The summed E-state index contributed by atoms with van der Waals surface area (Å²) in [6.45, 7) is 3.74. The van der Waals surface area contributed by atoms with E-state index in [9.17, 15) is 9.59 Å². The molecule has 7 heteroatoms. The Morgan fingerprint density at radius 2 is 1.68 bits per heavy atom. The van der Waals surface area contributed by atoms with Crippen LogP contribution in [0.15, 0.2) is 45.3 Å². The minimum atomic E-state index is -0.558. The summed E-state index contributed by atoms with van der Waals surface area (Å²) in [5, 5.41) is 0. The maximum atomic E-state index is 12.0. The third kappa shape index (κ3) is 5.57. The number of esters is 2. The van der Waals surface area contributed by atoms with E-state index in [1.165, 1.54) is 18.2 Å². The lowest BCUT2D eigenvalue weighted by Crippen LogP contribution is -2.18. The van der Waals surface area contributed by atoms with Gasteiger partial charge in [-0.25, -0.2) is 9.59 Å². The Hall–Kier alpha value is -1.86. The predicted molar refractivity (Wildman–Crippen MR) is 100 cm³/mol. The number of carbonyl (C=O) groups is 2. The van der Waals surface area contributed by atoms with Crippen LogP contribution in [0.3, 0.4) is 0 Å². The van der Waals surface area contributed by atoms with Crippen molar-refractivity contribution in [3.8, 4) is 11.5 Å². The van der Waals surface area contributed by atoms with Crippen LogP contribution in [0.4, 0.5) is 0 Å². The van der Waals surface area contributed by atoms with Gasteiger partial charge < -0.3 is 14.2 Å². The second-order valence-electron chi connectivity index (χ2n) is 5.06. The fourth-order valence-electron chi connectivity index (χ4n) is 1.94. The average molecular weight is 472 g/mol. The summed E-state index contributed by atoms with van der Waals surface area (Å²) in [5.74, 6) is -0.144. The maximum Gasteiger partial charge on any atom is 0.349 e. The zero-order valence-electron chi connectivity index (χ0n) is 13.7. The van der Waals surface area contributed by atoms with Crippen molar-refractivity contribution in [3.63, 3.8) is 0 Å². The quantitative estimate of drug-likeness (QED) is 0.452. The zero-order chi connectivity index (χ0) is 18.4. The molecule has 0 aliphatic carbocycles. The van der Waals surface area contributed by atoms with Gasteiger partial charge in [-0.3, -0.25) is 0 Å². The van der Waals surface area contributed by atoms with E-state index >= 15 is 0 Å². The van der Waals surface area contributed by atoms with E-state index in [0.717, 1.165) is 10.0 Å². The summed E-state index contributed by atoms with van der Waals surface area (Å²) in [6, 6.07) is 10.1. The standard InChI is InChI=1S/C18H16Br2O5/c1-3-23-18(22)12-5-7-16(14(20)9-12)25-17(21)10-24-15-6-4-11(2)8-13(15)19/h4-9H,3,10H2,1-2H3. The van der Waals surface area contributed by atoms with Crippen molar-refractivity contribution in [2.75, 3.05) is 13.2 Å². The van der Waals surface area contributed by atoms with E-state index in [0.29, 0.717) is 28.1 Å². The molecule has 0 unspecified atom stereocenters. The molecule has 0 aliphatic heterocycles. The largest absolute Gasteiger partial charge is 0.481 e. The molecule has 0 fully saturated rings. The van der Waals surface area contributed by atoms with Gasteiger partial charge in [0.15, 0.2) is 6.61 Å². The summed E-state index contributed by atoms with van der Waals surface area (Å²) in [7, 11) is 0. The van der Waals surface area contributed by atoms with Crippen molar-refractivity contribution in [2.24, 2.45) is 0 Å². The van der Waals surface area contributed by atoms with E-state index in [-0.39, 0.29) is 6.61 Å². The molecule has 2 aromatic rings. The molecule has 0 amide bonds. The highest BCUT2D eigenvalue weighted by molar-refractivity contribution is 9.10. The molecule has 0 aromatic heterocycles. The number of hydrogen-bond donors (Lipinski definition) is 0. The third-order valence-electron chi connectivity index (χ3n) is 3.10. The molecule has 5 nitrogen and oxygen atoms in total. The average Bonchev–Trinajstić information content (AvgIpc) is 2.56. The van der Waals surface area contributed by atoms with Crippen LogP contribution in [0.25, 0.3) is 0 Å². The second kappa shape index (κ2) is 9.01. The first kappa shape index (κ1) is 19.5. The van der Waals surface area contributed by atoms with E-state index in [4.69, 9.17) is 14.2 Å². The van der Waals surface area contributed by atoms with Crippen LogP contribution >= 0.6 is 31.9 Å². The first-order chi connectivity index (χ1) is 11.9. The fourth-order valence-corrected chi connectivity index (χ4v) is 3.00. The van der Waals surface area contributed by atoms with Crippen LogP contribution in [0.5, 0.6) is 11.5 Å². The van der Waals surface area contributed by atoms with Gasteiger partial charge in [-0.2, -0.15) is 0 Å². The van der Waals surface area contributed by atoms with Crippen LogP contribution in [-0.4, -0.2) is 25.2 Å². The van der Waals surface area contributed by atoms with Gasteiger partial charge in [-0.1, -0.05) is 6.07 Å². The molecule has 0 atom stereocenters. The first-order valence-corrected chi connectivity index (χ1v) is 9.05. The Morgan fingerprint density at radius 3 is 2.32 bits per heavy atom. The number of halogens is 2. The lowest BCUT2D eigenvalue weighted by Gasteiger charge is -2.10. The molecule has 0 aliphatic rings. The normalized spacial score (nSPS) is 10.2. The SMILES string of the molecule is CCOC(=O)c1ccc(OC(=O)COc2ccc(C)cc2Br)c(Br)c1. The number of rotatable bonds is 6. The van der Waals surface area contributed by atoms with Crippen LogP contribution in [0.1, 0.15) is 22.8 Å². The van der Waals surface area contributed by atoms with E-state index in [1.54, 1.807) is 13.0 Å². The summed E-state index contributed by atoms with van der Waals surface area (Å²) in [6.07, 6.45) is 0. The molecule has 132 valence electrons. The van der Waals surface area contributed by atoms with Gasteiger partial charge in [0.05, 0.1) is 21.1 Å². The number of aryl methyl sites for hydroxylation is 1. The van der Waals surface area contributed by atoms with Crippen molar-refractivity contribution in [2.45, 2.75) is 13.8 Å². The van der Waals surface area contributed by atoms with Crippen molar-refractivity contribution in [1.29, 1.82) is 0 Å². The molecule has 25 heavy (non-hydrogen) atoms. The summed E-state index contributed by atoms with van der Waals surface area (Å²) in [5.41, 5.74) is 1.45. The van der Waals surface area contributed by atoms with Gasteiger partial charge in [0.1, 0.15) is 11.5 Å². The van der Waals surface area contributed by atoms with Crippen LogP contribution in [0.2, 0.25) is 0 Å². The highest BCUT2D eigenvalue weighted by Crippen LogP contribution is 2.28. The number of hydrogen-bond acceptors (Lipinski definition) is 5. The molecule has 0 saturated heterocycles. The smallest absolute Gasteiger partial charge is 0.349 e. The molecule has 0 saturated carbocycles. The topological polar surface area (TPSA) is 61.8 Å². The molecular formula is C18H16Br2O5. The van der Waals surface area contributed by atoms with E-state index in [2.05, 4.69) is 31.9 Å². The molecule has 0 heterocycles. The number of ether oxygens (including phenoxy) is 3. The number of benzene rings is 2. The summed E-state index contributed by atoms with van der Waals surface area (Å²) < 4.78 is 16.9. The lowest BCUT2D eigenvalue weighted by molar-refractivity contribution is -0.136. The van der Waals surface area contributed by atoms with Gasteiger partial charge in [-0.15, -0.1) is 0 Å². The first-order valence-electron chi connectivity index (χ1n) is 7.47. The molecule has 2 aromatic carbocycles. The Kier molecular flexibility index (Phi) is 7.01. The fraction of sp³-hybridized carbons (Fsp3) is 0.222. The predicted octanol–water partition coefficient (Wildman–Crippen LogP) is 4.68. The second-order valence-corrected chi connectivity index (χ2v) is 6.77. The van der Waals surface area contributed by atoms with Crippen molar-refractivity contribution < 1.29 is 23.8 Å². The van der Waals surface area contributed by atoms with Gasteiger partial charge >= 0.3 is 11.9 Å². The molecular weight excluding hydrogens is 456 g/mol. The summed E-state index contributed by atoms with van der Waals surface area (Å²) in [4.78, 5) is 23.6. The molecule has 0 bridgehead atoms. The zero-order valence-corrected chi connectivity index (χ0v) is 16.8. The Morgan fingerprint density at radius 1 is 1.00 bits per heavy atom. The molecule has 0 spiro atoms. The molecule has 2 rings (SSSR count). The van der Waals surface area contributed by atoms with Gasteiger partial charge in [0, 0.05) is 0 Å². The van der Waals surface area contributed by atoms with Crippen molar-refractivity contribution in [1.82, 2.24) is 0 Å². The van der Waals surface area contributed by atoms with Crippen LogP contribution < -0.4 is 9.47 Å². The highest BCUT2D eigenvalue weighted by Gasteiger charge is 2.13. The van der Waals surface area contributed by atoms with Gasteiger partial charge in [-0.05, 0) is 81.6 Å². The monoisotopic (exact) mass is 470 g/mol. The third-order valence-corrected chi connectivity index (χ3v) is 4.34. The Labute approximate surface area is 162 Å².